The van der Waals surface area contributed by atoms with Gasteiger partial charge in [-0.2, -0.15) is 13.2 Å². The molecule has 0 bridgehead atoms. The van der Waals surface area contributed by atoms with Gasteiger partial charge in [-0.15, -0.1) is 0 Å². The molecular weight excluding hydrogens is 353 g/mol. The summed E-state index contributed by atoms with van der Waals surface area (Å²) in [5.41, 5.74) is 0.0547. The number of halogens is 3. The van der Waals surface area contributed by atoms with Crippen molar-refractivity contribution in [2.24, 2.45) is 0 Å². The molecule has 0 unspecified atom stereocenters. The summed E-state index contributed by atoms with van der Waals surface area (Å²) in [6, 6.07) is 5.70. The van der Waals surface area contributed by atoms with E-state index < -0.39 is 16.7 Å². The lowest BCUT2D eigenvalue weighted by Gasteiger charge is -2.28. The average molecular weight is 370 g/mol. The molecule has 1 saturated heterocycles. The molecule has 2 aliphatic rings. The molecule has 1 fully saturated rings. The highest BCUT2D eigenvalue weighted by molar-refractivity contribution is 8.06. The predicted octanol–water partition coefficient (Wildman–Crippen LogP) is 5.03. The van der Waals surface area contributed by atoms with Gasteiger partial charge in [0.2, 0.25) is 0 Å². The molecule has 0 radical (unpaired) electrons. The van der Waals surface area contributed by atoms with Crippen LogP contribution >= 0.6 is 11.8 Å². The molecule has 0 saturated carbocycles. The van der Waals surface area contributed by atoms with Gasteiger partial charge in [0.1, 0.15) is 0 Å². The Balaban J connectivity index is 1.82. The van der Waals surface area contributed by atoms with E-state index in [1.54, 1.807) is 6.08 Å². The number of benzene rings is 1. The first-order chi connectivity index (χ1) is 11.8. The first-order valence-corrected chi connectivity index (χ1v) is 8.82. The summed E-state index contributed by atoms with van der Waals surface area (Å²) in [5, 5.41) is 11.6. The minimum atomic E-state index is -4.36. The summed E-state index contributed by atoms with van der Waals surface area (Å²) in [6.45, 7) is 1.76. The summed E-state index contributed by atoms with van der Waals surface area (Å²) in [4.78, 5) is 12.6. The monoisotopic (exact) mass is 370 g/mol. The summed E-state index contributed by atoms with van der Waals surface area (Å²) in [5.74, 6) is 0. The van der Waals surface area contributed by atoms with E-state index >= 15 is 0 Å². The second-order valence-corrected chi connectivity index (χ2v) is 7.16. The van der Waals surface area contributed by atoms with Gasteiger partial charge in [-0.05, 0) is 30.9 Å². The Morgan fingerprint density at radius 1 is 1.16 bits per heavy atom. The van der Waals surface area contributed by atoms with Gasteiger partial charge in [0.25, 0.3) is 5.69 Å². The number of likely N-dealkylation sites (tertiary alicyclic amines) is 1. The largest absolute Gasteiger partial charge is 0.413 e. The fourth-order valence-corrected chi connectivity index (χ4v) is 4.29. The maximum absolute atomic E-state index is 13.4. The Kier molecular flexibility index (Phi) is 5.08. The number of nitrogens with zero attached hydrogens (tertiary/aromatic N) is 2. The number of nitro benzene ring substituents is 1. The van der Waals surface area contributed by atoms with Gasteiger partial charge in [0, 0.05) is 42.1 Å². The van der Waals surface area contributed by atoms with Crippen LogP contribution in [0.15, 0.2) is 45.8 Å². The van der Waals surface area contributed by atoms with Crippen LogP contribution in [0.3, 0.4) is 0 Å². The van der Waals surface area contributed by atoms with Crippen molar-refractivity contribution < 1.29 is 18.1 Å². The van der Waals surface area contributed by atoms with Gasteiger partial charge in [0.15, 0.2) is 0 Å². The molecule has 8 heteroatoms. The van der Waals surface area contributed by atoms with Crippen LogP contribution in [0.1, 0.15) is 24.8 Å². The smallest absolute Gasteiger partial charge is 0.366 e. The zero-order valence-electron chi connectivity index (χ0n) is 13.4. The van der Waals surface area contributed by atoms with Crippen LogP contribution in [0.4, 0.5) is 18.9 Å². The van der Waals surface area contributed by atoms with E-state index in [-0.39, 0.29) is 23.4 Å². The second kappa shape index (κ2) is 7.11. The van der Waals surface area contributed by atoms with Crippen LogP contribution in [-0.4, -0.2) is 29.1 Å². The van der Waals surface area contributed by atoms with E-state index in [1.165, 1.54) is 36.0 Å². The lowest BCUT2D eigenvalue weighted by molar-refractivity contribution is -0.384. The van der Waals surface area contributed by atoms with E-state index in [0.29, 0.717) is 5.56 Å². The van der Waals surface area contributed by atoms with E-state index in [4.69, 9.17) is 0 Å². The minimum Gasteiger partial charge on any atom is -0.366 e. The molecule has 1 aromatic rings. The normalized spacial score (nSPS) is 18.5. The number of non-ortho nitro benzene ring substituents is 1. The number of allylic oxidation sites excluding steroid dienone is 3. The molecule has 134 valence electrons. The third kappa shape index (κ3) is 4.18. The minimum absolute atomic E-state index is 0.0669. The van der Waals surface area contributed by atoms with E-state index in [9.17, 15) is 23.3 Å². The first-order valence-electron chi connectivity index (χ1n) is 8.00. The van der Waals surface area contributed by atoms with E-state index in [2.05, 4.69) is 4.90 Å². The Morgan fingerprint density at radius 2 is 1.80 bits per heavy atom. The topological polar surface area (TPSA) is 46.4 Å². The molecule has 0 aromatic heterocycles. The Labute approximate surface area is 147 Å². The number of hydrogen-bond acceptors (Lipinski definition) is 4. The molecule has 0 amide bonds. The van der Waals surface area contributed by atoms with Crippen molar-refractivity contribution in [3.05, 3.63) is 61.5 Å². The van der Waals surface area contributed by atoms with E-state index in [0.717, 1.165) is 31.0 Å². The van der Waals surface area contributed by atoms with Crippen molar-refractivity contribution in [2.75, 3.05) is 13.1 Å². The van der Waals surface area contributed by atoms with Crippen molar-refractivity contribution >= 4 is 17.4 Å². The van der Waals surface area contributed by atoms with Gasteiger partial charge in [-0.25, -0.2) is 0 Å². The molecule has 0 aliphatic carbocycles. The highest BCUT2D eigenvalue weighted by atomic mass is 32.2. The fourth-order valence-electron chi connectivity index (χ4n) is 3.00. The average Bonchev–Trinajstić information content (AvgIpc) is 3.08. The molecule has 0 spiro atoms. The fraction of sp³-hybridized carbons (Fsp3) is 0.412. The first kappa shape index (κ1) is 17.8. The Bertz CT molecular complexity index is 720. The number of hydrogen-bond donors (Lipinski definition) is 0. The van der Waals surface area contributed by atoms with E-state index in [1.807, 2.05) is 0 Å². The Hall–Kier alpha value is -1.96. The van der Waals surface area contributed by atoms with Crippen LogP contribution in [0.5, 0.6) is 0 Å². The number of rotatable bonds is 4. The molecule has 3 rings (SSSR count). The third-order valence-electron chi connectivity index (χ3n) is 4.32. The van der Waals surface area contributed by atoms with Crippen molar-refractivity contribution in [1.82, 2.24) is 4.90 Å². The molecule has 0 atom stereocenters. The molecule has 1 aromatic carbocycles. The molecule has 25 heavy (non-hydrogen) atoms. The van der Waals surface area contributed by atoms with Gasteiger partial charge >= 0.3 is 6.18 Å². The van der Waals surface area contributed by atoms with Crippen LogP contribution in [0.25, 0.3) is 0 Å². The standard InChI is InChI=1S/C17H17F3N2O2S/c18-17(19,20)14-7-8-16(21-9-1-2-10-21)25-15(14)11-12-3-5-13(6-4-12)22(23)24/h3-6,8H,1-2,7,9-11H2. The van der Waals surface area contributed by atoms with Gasteiger partial charge in [-0.1, -0.05) is 23.9 Å². The zero-order valence-corrected chi connectivity index (χ0v) is 14.2. The molecule has 2 heterocycles. The van der Waals surface area contributed by atoms with Crippen LogP contribution in [-0.2, 0) is 6.42 Å². The molecule has 0 N–H and O–H groups in total. The lowest BCUT2D eigenvalue weighted by Crippen LogP contribution is -2.22. The SMILES string of the molecule is O=[N+]([O-])c1ccc(CC2=C(C(F)(F)F)CC=C(N3CCCC3)S2)cc1. The molecular formula is C17H17F3N2O2S. The highest BCUT2D eigenvalue weighted by Crippen LogP contribution is 2.45. The lowest BCUT2D eigenvalue weighted by atomic mass is 10.1. The molecule has 4 nitrogen and oxygen atoms in total. The number of nitro groups is 1. The van der Waals surface area contributed by atoms with Crippen molar-refractivity contribution in [1.29, 1.82) is 0 Å². The summed E-state index contributed by atoms with van der Waals surface area (Å²) in [7, 11) is 0. The van der Waals surface area contributed by atoms with Crippen LogP contribution < -0.4 is 0 Å². The van der Waals surface area contributed by atoms with Crippen molar-refractivity contribution in [3.8, 4) is 0 Å². The molecule has 2 aliphatic heterocycles. The number of alkyl halides is 3. The predicted molar refractivity (Wildman–Crippen MR) is 91.0 cm³/mol. The van der Waals surface area contributed by atoms with Crippen LogP contribution in [0, 0.1) is 10.1 Å². The van der Waals surface area contributed by atoms with Crippen molar-refractivity contribution in [2.45, 2.75) is 31.9 Å². The van der Waals surface area contributed by atoms with Gasteiger partial charge < -0.3 is 4.90 Å². The summed E-state index contributed by atoms with van der Waals surface area (Å²) >= 11 is 1.18. The summed E-state index contributed by atoms with van der Waals surface area (Å²) in [6.07, 6.45) is -0.571. The highest BCUT2D eigenvalue weighted by Gasteiger charge is 2.38. The second-order valence-electron chi connectivity index (χ2n) is 6.04. The number of thioether (sulfide) groups is 1. The maximum atomic E-state index is 13.4. The summed E-state index contributed by atoms with van der Waals surface area (Å²) < 4.78 is 40.1. The Morgan fingerprint density at radius 3 is 2.36 bits per heavy atom. The van der Waals surface area contributed by atoms with Crippen molar-refractivity contribution in [3.63, 3.8) is 0 Å². The zero-order chi connectivity index (χ0) is 18.0. The third-order valence-corrected chi connectivity index (χ3v) is 5.59. The maximum Gasteiger partial charge on any atom is 0.413 e. The quantitative estimate of drug-likeness (QED) is 0.551. The van der Waals surface area contributed by atoms with Crippen LogP contribution in [0.2, 0.25) is 0 Å². The van der Waals surface area contributed by atoms with Gasteiger partial charge in [-0.3, -0.25) is 10.1 Å². The van der Waals surface area contributed by atoms with Gasteiger partial charge in [0.05, 0.1) is 9.95 Å².